The number of nitrogens with zero attached hydrogens (tertiary/aromatic N) is 2. The third-order valence-electron chi connectivity index (χ3n) is 2.47. The molecule has 11 heteroatoms. The summed E-state index contributed by atoms with van der Waals surface area (Å²) in [7, 11) is -3.94. The number of nitro groups is 1. The molecule has 0 aromatic carbocycles. The van der Waals surface area contributed by atoms with Crippen LogP contribution in [-0.2, 0) is 10.0 Å². The molecular formula is C9H9ClN4O4S2. The van der Waals surface area contributed by atoms with E-state index in [1.165, 1.54) is 0 Å². The Bertz CT molecular complexity index is 760. The van der Waals surface area contributed by atoms with Crippen molar-refractivity contribution in [1.29, 1.82) is 0 Å². The first-order chi connectivity index (χ1) is 9.22. The lowest BCUT2D eigenvalue weighted by molar-refractivity contribution is -0.384. The van der Waals surface area contributed by atoms with Crippen LogP contribution in [0.15, 0.2) is 10.3 Å². The van der Waals surface area contributed by atoms with Gasteiger partial charge < -0.3 is 0 Å². The molecule has 108 valence electrons. The van der Waals surface area contributed by atoms with Gasteiger partial charge in [-0.15, -0.1) is 11.3 Å². The number of sulfonamides is 1. The molecule has 0 saturated heterocycles. The quantitative estimate of drug-likeness (QED) is 0.656. The highest BCUT2D eigenvalue weighted by molar-refractivity contribution is 7.94. The van der Waals surface area contributed by atoms with E-state index in [9.17, 15) is 18.5 Å². The molecule has 20 heavy (non-hydrogen) atoms. The Hall–Kier alpha value is -1.65. The highest BCUT2D eigenvalue weighted by atomic mass is 35.5. The van der Waals surface area contributed by atoms with Gasteiger partial charge in [0.05, 0.1) is 22.0 Å². The molecule has 0 radical (unpaired) electrons. The van der Waals surface area contributed by atoms with E-state index < -0.39 is 20.6 Å². The second-order valence-electron chi connectivity index (χ2n) is 3.90. The maximum Gasteiger partial charge on any atom is 0.300 e. The van der Waals surface area contributed by atoms with E-state index in [0.717, 1.165) is 6.07 Å². The zero-order chi connectivity index (χ0) is 15.1. The standard InChI is InChI=1S/C9H9ClN4O4S2/c1-4-8(5(2)12-11-4)13-20(17,18)7-3-6(14(15)16)9(10)19-7/h3,13H,1-2H3,(H,11,12). The second-order valence-corrected chi connectivity index (χ2v) is 7.46. The van der Waals surface area contributed by atoms with Crippen molar-refractivity contribution < 1.29 is 13.3 Å². The average molecular weight is 337 g/mol. The van der Waals surface area contributed by atoms with E-state index in [0.29, 0.717) is 28.4 Å². The Morgan fingerprint density at radius 2 is 2.15 bits per heavy atom. The number of aromatic amines is 1. The number of thiophene rings is 1. The molecule has 0 saturated carbocycles. The summed E-state index contributed by atoms with van der Waals surface area (Å²) in [6.45, 7) is 3.28. The first kappa shape index (κ1) is 14.8. The van der Waals surface area contributed by atoms with Gasteiger partial charge in [0, 0.05) is 6.07 Å². The second kappa shape index (κ2) is 5.04. The van der Waals surface area contributed by atoms with Gasteiger partial charge >= 0.3 is 0 Å². The van der Waals surface area contributed by atoms with Crippen molar-refractivity contribution >= 4 is 44.3 Å². The Morgan fingerprint density at radius 3 is 2.60 bits per heavy atom. The molecule has 0 aliphatic carbocycles. The van der Waals surface area contributed by atoms with Crippen LogP contribution in [0.25, 0.3) is 0 Å². The van der Waals surface area contributed by atoms with E-state index in [1.807, 2.05) is 0 Å². The van der Waals surface area contributed by atoms with E-state index in [-0.39, 0.29) is 8.55 Å². The lowest BCUT2D eigenvalue weighted by atomic mass is 10.3. The number of anilines is 1. The fraction of sp³-hybridized carbons (Fsp3) is 0.222. The Kier molecular flexibility index (Phi) is 3.71. The number of H-pyrrole nitrogens is 1. The summed E-state index contributed by atoms with van der Waals surface area (Å²) in [4.78, 5) is 9.95. The number of hydrogen-bond donors (Lipinski definition) is 2. The predicted octanol–water partition coefficient (Wildman–Crippen LogP) is 2.45. The summed E-state index contributed by atoms with van der Waals surface area (Å²) in [5.74, 6) is 0. The van der Waals surface area contributed by atoms with Crippen LogP contribution in [0, 0.1) is 24.0 Å². The number of nitrogens with one attached hydrogen (secondary N) is 2. The first-order valence-electron chi connectivity index (χ1n) is 5.20. The van der Waals surface area contributed by atoms with Crippen molar-refractivity contribution in [3.05, 3.63) is 31.9 Å². The minimum Gasteiger partial charge on any atom is -0.280 e. The molecule has 0 aliphatic rings. The molecule has 0 amide bonds. The van der Waals surface area contributed by atoms with Gasteiger partial charge in [-0.2, -0.15) is 5.10 Å². The van der Waals surface area contributed by atoms with E-state index in [4.69, 9.17) is 11.6 Å². The maximum atomic E-state index is 12.2. The molecular weight excluding hydrogens is 328 g/mol. The van der Waals surface area contributed by atoms with Gasteiger partial charge in [-0.05, 0) is 13.8 Å². The highest BCUT2D eigenvalue weighted by Crippen LogP contribution is 2.37. The fourth-order valence-corrected chi connectivity index (χ4v) is 4.33. The molecule has 2 heterocycles. The lowest BCUT2D eigenvalue weighted by Gasteiger charge is -2.05. The van der Waals surface area contributed by atoms with Crippen molar-refractivity contribution in [3.8, 4) is 0 Å². The zero-order valence-corrected chi connectivity index (χ0v) is 12.7. The predicted molar refractivity (Wildman–Crippen MR) is 74.9 cm³/mol. The van der Waals surface area contributed by atoms with E-state index in [2.05, 4.69) is 14.9 Å². The van der Waals surface area contributed by atoms with Crippen LogP contribution in [0.5, 0.6) is 0 Å². The monoisotopic (exact) mass is 336 g/mol. The lowest BCUT2D eigenvalue weighted by Crippen LogP contribution is -2.12. The third-order valence-corrected chi connectivity index (χ3v) is 5.63. The number of halogens is 1. The summed E-state index contributed by atoms with van der Waals surface area (Å²) in [5, 5.41) is 17.2. The Balaban J connectivity index is 2.41. The molecule has 2 aromatic heterocycles. The zero-order valence-electron chi connectivity index (χ0n) is 10.3. The molecule has 0 bridgehead atoms. The van der Waals surface area contributed by atoms with Crippen molar-refractivity contribution in [3.63, 3.8) is 0 Å². The van der Waals surface area contributed by atoms with Gasteiger partial charge in [-0.1, -0.05) is 11.6 Å². The summed E-state index contributed by atoms with van der Waals surface area (Å²) in [5.41, 5.74) is 0.904. The summed E-state index contributed by atoms with van der Waals surface area (Å²) >= 11 is 6.28. The summed E-state index contributed by atoms with van der Waals surface area (Å²) in [6, 6.07) is 0.931. The molecule has 0 unspecified atom stereocenters. The molecule has 0 aliphatic heterocycles. The summed E-state index contributed by atoms with van der Waals surface area (Å²) in [6.07, 6.45) is 0. The smallest absolute Gasteiger partial charge is 0.280 e. The van der Waals surface area contributed by atoms with Crippen molar-refractivity contribution in [2.24, 2.45) is 0 Å². The minimum absolute atomic E-state index is 0.184. The normalized spacial score (nSPS) is 11.6. The van der Waals surface area contributed by atoms with Gasteiger partial charge in [-0.25, -0.2) is 8.42 Å². The Morgan fingerprint density at radius 1 is 1.50 bits per heavy atom. The van der Waals surface area contributed by atoms with Crippen LogP contribution in [-0.4, -0.2) is 23.5 Å². The highest BCUT2D eigenvalue weighted by Gasteiger charge is 2.26. The molecule has 0 fully saturated rings. The minimum atomic E-state index is -3.94. The third kappa shape index (κ3) is 2.62. The fourth-order valence-electron chi connectivity index (χ4n) is 1.48. The molecule has 2 N–H and O–H groups in total. The van der Waals surface area contributed by atoms with Crippen molar-refractivity contribution in [2.75, 3.05) is 4.72 Å². The van der Waals surface area contributed by atoms with E-state index >= 15 is 0 Å². The van der Waals surface area contributed by atoms with Gasteiger partial charge in [0.25, 0.3) is 15.7 Å². The van der Waals surface area contributed by atoms with Gasteiger partial charge in [0.1, 0.15) is 4.21 Å². The first-order valence-corrected chi connectivity index (χ1v) is 7.88. The Labute approximate surface area is 123 Å². The molecule has 2 aromatic rings. The van der Waals surface area contributed by atoms with Crippen LogP contribution in [0.3, 0.4) is 0 Å². The van der Waals surface area contributed by atoms with Crippen LogP contribution in [0.4, 0.5) is 11.4 Å². The largest absolute Gasteiger partial charge is 0.300 e. The molecule has 0 spiro atoms. The average Bonchev–Trinajstić information content (AvgIpc) is 2.87. The van der Waals surface area contributed by atoms with Crippen LogP contribution in [0.1, 0.15) is 11.4 Å². The number of rotatable bonds is 4. The number of aromatic nitrogens is 2. The van der Waals surface area contributed by atoms with E-state index in [1.54, 1.807) is 13.8 Å². The van der Waals surface area contributed by atoms with Gasteiger partial charge in [0.15, 0.2) is 4.34 Å². The topological polar surface area (TPSA) is 118 Å². The van der Waals surface area contributed by atoms with Crippen LogP contribution < -0.4 is 4.72 Å². The van der Waals surface area contributed by atoms with Crippen LogP contribution >= 0.6 is 22.9 Å². The van der Waals surface area contributed by atoms with Crippen molar-refractivity contribution in [1.82, 2.24) is 10.2 Å². The summed E-state index contributed by atoms with van der Waals surface area (Å²) < 4.78 is 26.3. The molecule has 8 nitrogen and oxygen atoms in total. The molecule has 0 atom stereocenters. The van der Waals surface area contributed by atoms with Gasteiger partial charge in [-0.3, -0.25) is 19.9 Å². The number of hydrogen-bond acceptors (Lipinski definition) is 6. The SMILES string of the molecule is Cc1n[nH]c(C)c1NS(=O)(=O)c1cc([N+](=O)[O-])c(Cl)s1. The van der Waals surface area contributed by atoms with Gasteiger partial charge in [0.2, 0.25) is 0 Å². The van der Waals surface area contributed by atoms with Crippen molar-refractivity contribution in [2.45, 2.75) is 18.1 Å². The number of aryl methyl sites for hydroxylation is 2. The molecule has 2 rings (SSSR count). The van der Waals surface area contributed by atoms with Crippen LogP contribution in [0.2, 0.25) is 4.34 Å². The maximum absolute atomic E-state index is 12.2.